The largest absolute Gasteiger partial charge is 0.340 e. The average Bonchev–Trinajstić information content (AvgIpc) is 3.47. The van der Waals surface area contributed by atoms with Crippen molar-refractivity contribution in [1.82, 2.24) is 9.13 Å². The highest BCUT2D eigenvalue weighted by Gasteiger charge is 2.24. The van der Waals surface area contributed by atoms with Gasteiger partial charge in [0.1, 0.15) is 0 Å². The van der Waals surface area contributed by atoms with E-state index < -0.39 is 15.2 Å². The zero-order chi connectivity index (χ0) is 32.9. The summed E-state index contributed by atoms with van der Waals surface area (Å²) >= 11 is 7.40. The minimum Gasteiger partial charge on any atom is -0.340 e. The van der Waals surface area contributed by atoms with Crippen molar-refractivity contribution in [3.63, 3.8) is 0 Å². The van der Waals surface area contributed by atoms with Gasteiger partial charge in [-0.15, -0.1) is 0 Å². The van der Waals surface area contributed by atoms with Crippen LogP contribution in [0, 0.1) is 0 Å². The zero-order valence-corrected chi connectivity index (χ0v) is 32.1. The van der Waals surface area contributed by atoms with Gasteiger partial charge in [0.15, 0.2) is 0 Å². The quantitative estimate of drug-likeness (QED) is 0.0649. The molecule has 0 aliphatic heterocycles. The van der Waals surface area contributed by atoms with Crippen LogP contribution >= 0.6 is 47.1 Å². The predicted octanol–water partition coefficient (Wildman–Crippen LogP) is 11.5. The summed E-state index contributed by atoms with van der Waals surface area (Å²) in [6, 6.07) is 17.6. The Balaban J connectivity index is 1.51. The maximum atomic E-state index is 13.1. The van der Waals surface area contributed by atoms with Crippen LogP contribution in [0.2, 0.25) is 0 Å². The molecule has 0 aliphatic carbocycles. The Bertz CT molecular complexity index is 1760. The lowest BCUT2D eigenvalue weighted by Gasteiger charge is -2.17. The number of rotatable bonds is 18. The molecule has 2 heterocycles. The molecule has 5 aromatic rings. The van der Waals surface area contributed by atoms with Crippen molar-refractivity contribution in [3.05, 3.63) is 57.5 Å². The van der Waals surface area contributed by atoms with E-state index in [-0.39, 0.29) is 0 Å². The van der Waals surface area contributed by atoms with E-state index in [2.05, 4.69) is 89.5 Å². The third-order valence-electron chi connectivity index (χ3n) is 8.21. The second-order valence-corrected chi connectivity index (χ2v) is 17.5. The van der Waals surface area contributed by atoms with Crippen LogP contribution in [-0.4, -0.2) is 47.9 Å². The first-order valence-electron chi connectivity index (χ1n) is 16.2. The molecule has 0 amide bonds. The molecule has 0 saturated heterocycles. The lowest BCUT2D eigenvalue weighted by atomic mass is 10.1. The monoisotopic (exact) mass is 796 g/mol. The fourth-order valence-electron chi connectivity index (χ4n) is 6.39. The Morgan fingerprint density at radius 2 is 0.870 bits per heavy atom. The summed E-state index contributed by atoms with van der Waals surface area (Å²) in [4.78, 5) is 0. The van der Waals surface area contributed by atoms with E-state index in [1.807, 2.05) is 27.7 Å². The van der Waals surface area contributed by atoms with Crippen LogP contribution in [0.1, 0.15) is 53.4 Å². The SMILES string of the molecule is CCOP(=O)(CCCCn1c2ccc(Br)cc2c2cc3c(cc21)c1cc(Br)ccc1n3CCCCP(=O)(OCC)OCC)OCC. The fraction of sp³-hybridized carbons (Fsp3) is 0.471. The Morgan fingerprint density at radius 1 is 0.522 bits per heavy atom. The van der Waals surface area contributed by atoms with Crippen LogP contribution < -0.4 is 0 Å². The van der Waals surface area contributed by atoms with Crippen molar-refractivity contribution in [1.29, 1.82) is 0 Å². The van der Waals surface area contributed by atoms with Crippen molar-refractivity contribution in [3.8, 4) is 0 Å². The van der Waals surface area contributed by atoms with Crippen LogP contribution in [0.4, 0.5) is 0 Å². The van der Waals surface area contributed by atoms with Gasteiger partial charge in [-0.2, -0.15) is 0 Å². The summed E-state index contributed by atoms with van der Waals surface area (Å²) in [7, 11) is -6.14. The highest BCUT2D eigenvalue weighted by atomic mass is 79.9. The third-order valence-corrected chi connectivity index (χ3v) is 13.5. The number of nitrogens with zero attached hydrogens (tertiary/aromatic N) is 2. The maximum Gasteiger partial charge on any atom is 0.330 e. The molecule has 0 unspecified atom stereocenters. The van der Waals surface area contributed by atoms with Gasteiger partial charge >= 0.3 is 15.2 Å². The molecule has 0 aliphatic rings. The molecule has 0 fully saturated rings. The number of benzene rings is 3. The molecule has 0 N–H and O–H groups in total. The summed E-state index contributed by atoms with van der Waals surface area (Å²) < 4.78 is 55.0. The van der Waals surface area contributed by atoms with Crippen LogP contribution in [-0.2, 0) is 40.3 Å². The van der Waals surface area contributed by atoms with E-state index in [1.165, 1.54) is 43.6 Å². The lowest BCUT2D eigenvalue weighted by Crippen LogP contribution is -2.03. The van der Waals surface area contributed by atoms with Gasteiger partial charge in [-0.1, -0.05) is 31.9 Å². The average molecular weight is 798 g/mol. The third kappa shape index (κ3) is 7.87. The highest BCUT2D eigenvalue weighted by Crippen LogP contribution is 2.50. The topological polar surface area (TPSA) is 80.9 Å². The normalized spacial score (nSPS) is 12.8. The molecular formula is C34H44Br2N2O6P2. The molecule has 250 valence electrons. The van der Waals surface area contributed by atoms with Gasteiger partial charge in [0.2, 0.25) is 0 Å². The Hall–Kier alpha value is -1.48. The molecule has 12 heteroatoms. The minimum atomic E-state index is -3.07. The predicted molar refractivity (Wildman–Crippen MR) is 198 cm³/mol. The van der Waals surface area contributed by atoms with Crippen LogP contribution in [0.3, 0.4) is 0 Å². The van der Waals surface area contributed by atoms with Crippen molar-refractivity contribution < 1.29 is 27.2 Å². The summed E-state index contributed by atoms with van der Waals surface area (Å²) in [5, 5.41) is 4.76. The molecule has 0 atom stereocenters. The molecular weight excluding hydrogens is 754 g/mol. The summed E-state index contributed by atoms with van der Waals surface area (Å²) in [5.41, 5.74) is 4.69. The van der Waals surface area contributed by atoms with Gasteiger partial charge in [0.05, 0.1) is 38.8 Å². The van der Waals surface area contributed by atoms with Gasteiger partial charge in [-0.3, -0.25) is 9.13 Å². The summed E-state index contributed by atoms with van der Waals surface area (Å²) in [6.07, 6.45) is 3.99. The van der Waals surface area contributed by atoms with Gasteiger partial charge < -0.3 is 27.2 Å². The molecule has 8 nitrogen and oxygen atoms in total. The van der Waals surface area contributed by atoms with E-state index >= 15 is 0 Å². The minimum absolute atomic E-state index is 0.375. The highest BCUT2D eigenvalue weighted by molar-refractivity contribution is 9.10. The van der Waals surface area contributed by atoms with E-state index in [4.69, 9.17) is 18.1 Å². The number of halogens is 2. The molecule has 0 radical (unpaired) electrons. The molecule has 0 spiro atoms. The van der Waals surface area contributed by atoms with Gasteiger partial charge in [-0.05, 0) is 102 Å². The number of hydrogen-bond acceptors (Lipinski definition) is 6. The first-order chi connectivity index (χ1) is 22.2. The fourth-order valence-corrected chi connectivity index (χ4v) is 10.6. The number of unbranched alkanes of at least 4 members (excludes halogenated alkanes) is 2. The number of aryl methyl sites for hydroxylation is 2. The number of fused-ring (bicyclic) bond motifs is 6. The first kappa shape index (κ1) is 35.8. The second-order valence-electron chi connectivity index (χ2n) is 11.3. The Kier molecular flexibility index (Phi) is 12.3. The Labute approximate surface area is 288 Å². The van der Waals surface area contributed by atoms with E-state index in [0.29, 0.717) is 38.8 Å². The zero-order valence-electron chi connectivity index (χ0n) is 27.1. The molecule has 3 aromatic carbocycles. The smallest absolute Gasteiger partial charge is 0.330 e. The van der Waals surface area contributed by atoms with Crippen LogP contribution in [0.25, 0.3) is 43.6 Å². The van der Waals surface area contributed by atoms with Crippen molar-refractivity contribution in [2.75, 3.05) is 38.8 Å². The standard InChI is InChI=1S/C34H44Br2N2O6P2/c1-5-41-45(39,42-6-2)19-11-9-17-37-31-15-13-25(35)21-27(31)29-24-34-30(23-33(29)37)28-22-26(36)14-16-32(28)38(34)18-10-12-20-46(40,43-7-3)44-8-4/h13-16,21-24H,5-12,17-20H2,1-4H3. The second kappa shape index (κ2) is 15.8. The number of hydrogen-bond donors (Lipinski definition) is 0. The van der Waals surface area contributed by atoms with Crippen LogP contribution in [0.5, 0.6) is 0 Å². The summed E-state index contributed by atoms with van der Waals surface area (Å²) in [5.74, 6) is 0. The lowest BCUT2D eigenvalue weighted by molar-refractivity contribution is 0.218. The van der Waals surface area contributed by atoms with Crippen molar-refractivity contribution in [2.24, 2.45) is 0 Å². The molecule has 0 saturated carbocycles. The van der Waals surface area contributed by atoms with E-state index in [9.17, 15) is 9.13 Å². The summed E-state index contributed by atoms with van der Waals surface area (Å²) in [6.45, 7) is 10.5. The van der Waals surface area contributed by atoms with E-state index in [1.54, 1.807) is 0 Å². The van der Waals surface area contributed by atoms with Gasteiger partial charge in [0.25, 0.3) is 0 Å². The Morgan fingerprint density at radius 3 is 1.22 bits per heavy atom. The van der Waals surface area contributed by atoms with Crippen LogP contribution in [0.15, 0.2) is 57.5 Å². The van der Waals surface area contributed by atoms with Gasteiger partial charge in [0, 0.05) is 65.6 Å². The van der Waals surface area contributed by atoms with Crippen molar-refractivity contribution >= 4 is 90.7 Å². The molecule has 46 heavy (non-hydrogen) atoms. The van der Waals surface area contributed by atoms with E-state index in [0.717, 1.165) is 47.7 Å². The molecule has 2 aromatic heterocycles. The number of aromatic nitrogens is 2. The maximum absolute atomic E-state index is 13.1. The molecule has 5 rings (SSSR count). The van der Waals surface area contributed by atoms with Crippen molar-refractivity contribution in [2.45, 2.75) is 66.5 Å². The molecule has 0 bridgehead atoms. The first-order valence-corrected chi connectivity index (χ1v) is 21.3. The van der Waals surface area contributed by atoms with Gasteiger partial charge in [-0.25, -0.2) is 0 Å².